The average molecular weight is 541 g/mol. The first-order valence-corrected chi connectivity index (χ1v) is 14.4. The van der Waals surface area contributed by atoms with Crippen molar-refractivity contribution in [2.45, 2.75) is 70.9 Å². The van der Waals surface area contributed by atoms with Gasteiger partial charge in [0.2, 0.25) is 11.8 Å². The highest BCUT2D eigenvalue weighted by atomic mass is 32.2. The predicted octanol–water partition coefficient (Wildman–Crippen LogP) is 5.39. The van der Waals surface area contributed by atoms with E-state index in [-0.39, 0.29) is 23.0 Å². The molecule has 206 valence electrons. The average Bonchev–Trinajstić information content (AvgIpc) is 2.93. The van der Waals surface area contributed by atoms with Crippen molar-refractivity contribution in [1.82, 2.24) is 5.32 Å². The number of methoxy groups -OCH3 is 1. The molecular weight excluding hydrogens is 500 g/mol. The zero-order valence-corrected chi connectivity index (χ0v) is 23.5. The standard InChI is InChI=1S/C30H40N2O5S/c1-4-9-27(33)38-21-30(18-16-25(17-19-30)37-5-2)29(35)32-26(20-22-10-7-6-8-11-22)28(34)31-23-12-14-24(36-3)15-13-23/h6-8,10-15,25-26H,4-5,9,16-21H2,1-3H3,(H,31,34)(H,32,35)/t25-,26-,30+/m0/s1. The van der Waals surface area contributed by atoms with E-state index >= 15 is 0 Å². The van der Waals surface area contributed by atoms with Gasteiger partial charge in [0.1, 0.15) is 11.8 Å². The van der Waals surface area contributed by atoms with Crippen LogP contribution in [0.5, 0.6) is 5.75 Å². The second-order valence-electron chi connectivity index (χ2n) is 9.78. The van der Waals surface area contributed by atoms with E-state index in [0.717, 1.165) is 24.8 Å². The molecule has 0 heterocycles. The molecule has 2 aromatic rings. The lowest BCUT2D eigenvalue weighted by Gasteiger charge is -2.39. The summed E-state index contributed by atoms with van der Waals surface area (Å²) in [4.78, 5) is 39.7. The Labute approximate surface area is 230 Å². The molecule has 7 nitrogen and oxygen atoms in total. The third-order valence-corrected chi connectivity index (χ3v) is 8.22. The van der Waals surface area contributed by atoms with E-state index < -0.39 is 11.5 Å². The number of nitrogens with one attached hydrogen (secondary N) is 2. The summed E-state index contributed by atoms with van der Waals surface area (Å²) in [5.74, 6) is 0.640. The maximum Gasteiger partial charge on any atom is 0.247 e. The van der Waals surface area contributed by atoms with Gasteiger partial charge in [0.15, 0.2) is 5.12 Å². The number of carbonyl (C=O) groups is 3. The zero-order chi connectivity index (χ0) is 27.4. The fraction of sp³-hybridized carbons (Fsp3) is 0.500. The van der Waals surface area contributed by atoms with E-state index in [4.69, 9.17) is 9.47 Å². The number of ether oxygens (including phenoxy) is 2. The molecule has 1 fully saturated rings. The second kappa shape index (κ2) is 14.9. The molecule has 1 atom stereocenters. The Morgan fingerprint density at radius 3 is 2.32 bits per heavy atom. The number of benzene rings is 2. The van der Waals surface area contributed by atoms with Crippen LogP contribution < -0.4 is 15.4 Å². The van der Waals surface area contributed by atoms with Crippen molar-refractivity contribution in [3.05, 3.63) is 60.2 Å². The molecule has 1 saturated carbocycles. The lowest BCUT2D eigenvalue weighted by molar-refractivity contribution is -0.136. The zero-order valence-electron chi connectivity index (χ0n) is 22.7. The molecule has 0 radical (unpaired) electrons. The molecule has 0 bridgehead atoms. The Morgan fingerprint density at radius 2 is 1.71 bits per heavy atom. The molecule has 1 aliphatic rings. The first kappa shape index (κ1) is 29.7. The van der Waals surface area contributed by atoms with Crippen molar-refractivity contribution in [2.24, 2.45) is 5.41 Å². The molecule has 2 aromatic carbocycles. The lowest BCUT2D eigenvalue weighted by Crippen LogP contribution is -2.53. The van der Waals surface area contributed by atoms with Gasteiger partial charge < -0.3 is 20.1 Å². The molecule has 2 N–H and O–H groups in total. The van der Waals surface area contributed by atoms with E-state index in [9.17, 15) is 14.4 Å². The van der Waals surface area contributed by atoms with Gasteiger partial charge in [-0.3, -0.25) is 14.4 Å². The van der Waals surface area contributed by atoms with E-state index in [1.165, 1.54) is 11.8 Å². The van der Waals surface area contributed by atoms with Gasteiger partial charge in [0.25, 0.3) is 0 Å². The third-order valence-electron chi connectivity index (χ3n) is 7.00. The van der Waals surface area contributed by atoms with Crippen molar-refractivity contribution < 1.29 is 23.9 Å². The highest BCUT2D eigenvalue weighted by Gasteiger charge is 2.43. The first-order chi connectivity index (χ1) is 18.4. The quantitative estimate of drug-likeness (QED) is 0.354. The molecule has 8 heteroatoms. The summed E-state index contributed by atoms with van der Waals surface area (Å²) in [5.41, 5.74) is 0.844. The van der Waals surface area contributed by atoms with Crippen LogP contribution in [0.2, 0.25) is 0 Å². The van der Waals surface area contributed by atoms with E-state index in [1.807, 2.05) is 44.2 Å². The Kier molecular flexibility index (Phi) is 11.7. The van der Waals surface area contributed by atoms with Crippen LogP contribution in [-0.2, 0) is 25.5 Å². The molecule has 0 unspecified atom stereocenters. The Balaban J connectivity index is 1.79. The number of anilines is 1. The van der Waals surface area contributed by atoms with Crippen LogP contribution in [-0.4, -0.2) is 48.5 Å². The Hall–Kier alpha value is -2.84. The highest BCUT2D eigenvalue weighted by molar-refractivity contribution is 8.13. The summed E-state index contributed by atoms with van der Waals surface area (Å²) in [6.07, 6.45) is 4.50. The molecular formula is C30H40N2O5S. The number of rotatable bonds is 13. The molecule has 1 aliphatic carbocycles. The van der Waals surface area contributed by atoms with Gasteiger partial charge in [-0.1, -0.05) is 49.0 Å². The van der Waals surface area contributed by atoms with Crippen molar-refractivity contribution >= 4 is 34.4 Å². The van der Waals surface area contributed by atoms with Crippen molar-refractivity contribution in [3.63, 3.8) is 0 Å². The minimum Gasteiger partial charge on any atom is -0.497 e. The van der Waals surface area contributed by atoms with E-state index in [0.29, 0.717) is 49.5 Å². The smallest absolute Gasteiger partial charge is 0.247 e. The van der Waals surface area contributed by atoms with E-state index in [1.54, 1.807) is 31.4 Å². The van der Waals surface area contributed by atoms with Gasteiger partial charge in [0.05, 0.1) is 18.6 Å². The lowest BCUT2D eigenvalue weighted by atomic mass is 9.73. The van der Waals surface area contributed by atoms with Crippen molar-refractivity contribution in [3.8, 4) is 5.75 Å². The highest BCUT2D eigenvalue weighted by Crippen LogP contribution is 2.41. The third kappa shape index (κ3) is 8.60. The van der Waals surface area contributed by atoms with Gasteiger partial charge in [-0.25, -0.2) is 0 Å². The molecule has 3 rings (SSSR count). The topological polar surface area (TPSA) is 93.7 Å². The Bertz CT molecular complexity index is 1040. The van der Waals surface area contributed by atoms with Crippen LogP contribution >= 0.6 is 11.8 Å². The molecule has 0 spiro atoms. The monoisotopic (exact) mass is 540 g/mol. The normalized spacial score (nSPS) is 19.8. The number of thioether (sulfide) groups is 1. The predicted molar refractivity (Wildman–Crippen MR) is 152 cm³/mol. The fourth-order valence-corrected chi connectivity index (χ4v) is 5.96. The molecule has 0 aromatic heterocycles. The van der Waals surface area contributed by atoms with Gasteiger partial charge in [-0.05, 0) is 68.9 Å². The summed E-state index contributed by atoms with van der Waals surface area (Å²) in [6.45, 7) is 4.59. The van der Waals surface area contributed by atoms with Crippen LogP contribution in [0, 0.1) is 5.41 Å². The minimum absolute atomic E-state index is 0.102. The van der Waals surface area contributed by atoms with Crippen LogP contribution in [0.3, 0.4) is 0 Å². The molecule has 0 saturated heterocycles. The van der Waals surface area contributed by atoms with Crippen LogP contribution in [0.1, 0.15) is 57.9 Å². The van der Waals surface area contributed by atoms with Crippen molar-refractivity contribution in [2.75, 3.05) is 24.8 Å². The van der Waals surface area contributed by atoms with Crippen LogP contribution in [0.15, 0.2) is 54.6 Å². The SMILES string of the molecule is CCCC(=O)SC[C@]1(C(=O)N[C@@H](Cc2ccccc2)C(=O)Nc2ccc(OC)cc2)CC[C@@H](OCC)CC1. The minimum atomic E-state index is -0.773. The summed E-state index contributed by atoms with van der Waals surface area (Å²) >= 11 is 1.24. The maximum atomic E-state index is 13.9. The van der Waals surface area contributed by atoms with Gasteiger partial charge in [-0.15, -0.1) is 0 Å². The summed E-state index contributed by atoms with van der Waals surface area (Å²) < 4.78 is 11.0. The maximum absolute atomic E-state index is 13.9. The first-order valence-electron chi connectivity index (χ1n) is 13.5. The second-order valence-corrected chi connectivity index (χ2v) is 10.8. The van der Waals surface area contributed by atoms with Crippen molar-refractivity contribution in [1.29, 1.82) is 0 Å². The summed E-state index contributed by atoms with van der Waals surface area (Å²) in [5, 5.41) is 6.12. The number of hydrogen-bond donors (Lipinski definition) is 2. The summed E-state index contributed by atoms with van der Waals surface area (Å²) in [6, 6.07) is 16.0. The number of hydrogen-bond acceptors (Lipinski definition) is 6. The molecule has 0 aliphatic heterocycles. The van der Waals surface area contributed by atoms with E-state index in [2.05, 4.69) is 10.6 Å². The van der Waals surface area contributed by atoms with Crippen LogP contribution in [0.4, 0.5) is 5.69 Å². The fourth-order valence-electron chi connectivity index (χ4n) is 4.75. The van der Waals surface area contributed by atoms with Gasteiger partial charge in [0, 0.05) is 30.9 Å². The molecule has 38 heavy (non-hydrogen) atoms. The van der Waals surface area contributed by atoms with Crippen LogP contribution in [0.25, 0.3) is 0 Å². The molecule has 2 amide bonds. The van der Waals surface area contributed by atoms with Gasteiger partial charge >= 0.3 is 0 Å². The van der Waals surface area contributed by atoms with Gasteiger partial charge in [-0.2, -0.15) is 0 Å². The number of carbonyl (C=O) groups excluding carboxylic acids is 3. The Morgan fingerprint density at radius 1 is 1.03 bits per heavy atom. The number of amides is 2. The summed E-state index contributed by atoms with van der Waals surface area (Å²) in [7, 11) is 1.59. The largest absolute Gasteiger partial charge is 0.497 e.